The first-order valence-electron chi connectivity index (χ1n) is 11.7. The zero-order chi connectivity index (χ0) is 23.2. The topological polar surface area (TPSA) is 68.1 Å². The molecule has 0 saturated carbocycles. The van der Waals surface area contributed by atoms with Crippen molar-refractivity contribution in [3.05, 3.63) is 59.4 Å². The zero-order valence-corrected chi connectivity index (χ0v) is 19.8. The molecule has 1 aliphatic rings. The number of ether oxygens (including phenoxy) is 2. The van der Waals surface area contributed by atoms with E-state index in [4.69, 9.17) is 14.5 Å². The quantitative estimate of drug-likeness (QED) is 0.543. The van der Waals surface area contributed by atoms with Gasteiger partial charge in [0, 0.05) is 45.0 Å². The van der Waals surface area contributed by atoms with Crippen molar-refractivity contribution in [1.29, 1.82) is 0 Å². The van der Waals surface area contributed by atoms with Gasteiger partial charge in [-0.3, -0.25) is 4.79 Å². The lowest BCUT2D eigenvalue weighted by Crippen LogP contribution is -2.42. The number of morpholine rings is 1. The summed E-state index contributed by atoms with van der Waals surface area (Å²) in [6.45, 7) is 8.27. The van der Waals surface area contributed by atoms with Gasteiger partial charge in [-0.2, -0.15) is 0 Å². The van der Waals surface area contributed by atoms with Gasteiger partial charge in [0.25, 0.3) is 0 Å². The molecule has 0 radical (unpaired) electrons. The number of nitrogens with zero attached hydrogens (tertiary/aromatic N) is 3. The summed E-state index contributed by atoms with van der Waals surface area (Å²) >= 11 is 0. The van der Waals surface area contributed by atoms with E-state index in [0.717, 1.165) is 54.3 Å². The molecule has 3 heterocycles. The minimum atomic E-state index is 0.0755. The van der Waals surface area contributed by atoms with Crippen molar-refractivity contribution in [1.82, 2.24) is 19.6 Å². The van der Waals surface area contributed by atoms with E-state index in [1.54, 1.807) is 7.11 Å². The van der Waals surface area contributed by atoms with E-state index in [-0.39, 0.29) is 18.4 Å². The number of imidazole rings is 1. The standard InChI is InChI=1S/C26H34N4O3/c1-19-4-6-21(7-5-19)26-23(30-12-8-20(2)16-24(30)28-26)17-25(31)29(13-15-32-3)11-9-22-18-27-10-14-33-22/h4-8,12,16,22,27H,9-11,13-15,17-18H2,1-3H3. The van der Waals surface area contributed by atoms with Gasteiger partial charge in [0.15, 0.2) is 0 Å². The third-order valence-electron chi connectivity index (χ3n) is 6.17. The number of methoxy groups -OCH3 is 1. The van der Waals surface area contributed by atoms with Crippen molar-refractivity contribution in [2.24, 2.45) is 0 Å². The maximum Gasteiger partial charge on any atom is 0.228 e. The van der Waals surface area contributed by atoms with Crippen LogP contribution in [0.3, 0.4) is 0 Å². The summed E-state index contributed by atoms with van der Waals surface area (Å²) in [4.78, 5) is 20.3. The molecule has 1 fully saturated rings. The number of aryl methyl sites for hydroxylation is 2. The normalized spacial score (nSPS) is 16.3. The van der Waals surface area contributed by atoms with Crippen LogP contribution in [0.4, 0.5) is 0 Å². The van der Waals surface area contributed by atoms with Gasteiger partial charge in [-0.25, -0.2) is 4.98 Å². The molecule has 0 bridgehead atoms. The summed E-state index contributed by atoms with van der Waals surface area (Å²) < 4.78 is 13.2. The van der Waals surface area contributed by atoms with Crippen LogP contribution in [0.2, 0.25) is 0 Å². The van der Waals surface area contributed by atoms with E-state index < -0.39 is 0 Å². The van der Waals surface area contributed by atoms with Crippen LogP contribution in [0, 0.1) is 13.8 Å². The Hall–Kier alpha value is -2.74. The lowest BCUT2D eigenvalue weighted by molar-refractivity contribution is -0.131. The highest BCUT2D eigenvalue weighted by molar-refractivity contribution is 5.81. The summed E-state index contributed by atoms with van der Waals surface area (Å²) in [5, 5.41) is 3.36. The Morgan fingerprint density at radius 3 is 2.76 bits per heavy atom. The van der Waals surface area contributed by atoms with E-state index in [9.17, 15) is 4.79 Å². The molecule has 1 saturated heterocycles. The van der Waals surface area contributed by atoms with Crippen LogP contribution < -0.4 is 5.32 Å². The Kier molecular flexibility index (Phi) is 7.75. The van der Waals surface area contributed by atoms with Gasteiger partial charge in [0.1, 0.15) is 5.65 Å². The highest BCUT2D eigenvalue weighted by Crippen LogP contribution is 2.26. The Balaban J connectivity index is 1.59. The van der Waals surface area contributed by atoms with Gasteiger partial charge >= 0.3 is 0 Å². The number of carbonyl (C=O) groups excluding carboxylic acids is 1. The molecule has 0 spiro atoms. The molecule has 1 amide bonds. The minimum absolute atomic E-state index is 0.0755. The lowest BCUT2D eigenvalue weighted by Gasteiger charge is -2.28. The van der Waals surface area contributed by atoms with E-state index in [2.05, 4.69) is 55.6 Å². The van der Waals surface area contributed by atoms with E-state index in [1.807, 2.05) is 15.5 Å². The maximum absolute atomic E-state index is 13.5. The molecular weight excluding hydrogens is 416 g/mol. The van der Waals surface area contributed by atoms with Crippen LogP contribution in [0.25, 0.3) is 16.9 Å². The van der Waals surface area contributed by atoms with Crippen molar-refractivity contribution in [2.75, 3.05) is 46.5 Å². The van der Waals surface area contributed by atoms with E-state index in [0.29, 0.717) is 19.7 Å². The molecule has 1 aromatic carbocycles. The highest BCUT2D eigenvalue weighted by atomic mass is 16.5. The van der Waals surface area contributed by atoms with Crippen molar-refractivity contribution in [3.8, 4) is 11.3 Å². The zero-order valence-electron chi connectivity index (χ0n) is 19.8. The smallest absolute Gasteiger partial charge is 0.228 e. The molecule has 1 aliphatic heterocycles. The molecule has 33 heavy (non-hydrogen) atoms. The van der Waals surface area contributed by atoms with Crippen LogP contribution in [0.1, 0.15) is 23.2 Å². The monoisotopic (exact) mass is 450 g/mol. The number of nitrogens with one attached hydrogen (secondary N) is 1. The molecule has 4 rings (SSSR count). The fourth-order valence-electron chi connectivity index (χ4n) is 4.23. The van der Waals surface area contributed by atoms with E-state index >= 15 is 0 Å². The number of aromatic nitrogens is 2. The molecule has 2 aromatic heterocycles. The molecular formula is C26H34N4O3. The third-order valence-corrected chi connectivity index (χ3v) is 6.17. The summed E-state index contributed by atoms with van der Waals surface area (Å²) in [6, 6.07) is 12.4. The molecule has 7 heteroatoms. The van der Waals surface area contributed by atoms with Gasteiger partial charge in [-0.1, -0.05) is 29.8 Å². The minimum Gasteiger partial charge on any atom is -0.383 e. The second kappa shape index (κ2) is 10.9. The van der Waals surface area contributed by atoms with Gasteiger partial charge in [0.05, 0.1) is 37.1 Å². The largest absolute Gasteiger partial charge is 0.383 e. The molecule has 1 unspecified atom stereocenters. The van der Waals surface area contributed by atoms with E-state index in [1.165, 1.54) is 5.56 Å². The number of rotatable bonds is 9. The van der Waals surface area contributed by atoms with Crippen LogP contribution in [-0.2, 0) is 20.7 Å². The van der Waals surface area contributed by atoms with Gasteiger partial charge in [0.2, 0.25) is 5.91 Å². The van der Waals surface area contributed by atoms with Crippen LogP contribution >= 0.6 is 0 Å². The molecule has 1 atom stereocenters. The maximum atomic E-state index is 13.5. The molecule has 3 aromatic rings. The number of carbonyl (C=O) groups is 1. The molecule has 0 aliphatic carbocycles. The first-order chi connectivity index (χ1) is 16.0. The number of benzene rings is 1. The van der Waals surface area contributed by atoms with Crippen molar-refractivity contribution in [3.63, 3.8) is 0 Å². The fraction of sp³-hybridized carbons (Fsp3) is 0.462. The summed E-state index contributed by atoms with van der Waals surface area (Å²) in [7, 11) is 1.67. The first-order valence-corrected chi connectivity index (χ1v) is 11.7. The van der Waals surface area contributed by atoms with Crippen molar-refractivity contribution < 1.29 is 14.3 Å². The SMILES string of the molecule is COCCN(CCC1CNCCO1)C(=O)Cc1c(-c2ccc(C)cc2)nc2cc(C)ccn12. The van der Waals surface area contributed by atoms with Crippen LogP contribution in [0.5, 0.6) is 0 Å². The van der Waals surface area contributed by atoms with Crippen molar-refractivity contribution in [2.45, 2.75) is 32.8 Å². The Bertz CT molecular complexity index is 1070. The van der Waals surface area contributed by atoms with Crippen LogP contribution in [0.15, 0.2) is 42.6 Å². The Morgan fingerprint density at radius 1 is 1.21 bits per heavy atom. The Morgan fingerprint density at radius 2 is 2.03 bits per heavy atom. The highest BCUT2D eigenvalue weighted by Gasteiger charge is 2.22. The summed E-state index contributed by atoms with van der Waals surface area (Å²) in [5.41, 5.74) is 6.00. The van der Waals surface area contributed by atoms with Gasteiger partial charge in [-0.15, -0.1) is 0 Å². The second-order valence-electron chi connectivity index (χ2n) is 8.74. The number of pyridine rings is 1. The molecule has 1 N–H and O–H groups in total. The van der Waals surface area contributed by atoms with Crippen LogP contribution in [-0.4, -0.2) is 72.8 Å². The fourth-order valence-corrected chi connectivity index (χ4v) is 4.23. The second-order valence-corrected chi connectivity index (χ2v) is 8.74. The lowest BCUT2D eigenvalue weighted by atomic mass is 10.1. The first kappa shape index (κ1) is 23.4. The Labute approximate surface area is 195 Å². The summed E-state index contributed by atoms with van der Waals surface area (Å²) in [5.74, 6) is 0.0755. The van der Waals surface area contributed by atoms with Gasteiger partial charge < -0.3 is 24.1 Å². The average molecular weight is 451 g/mol. The molecule has 176 valence electrons. The predicted octanol–water partition coefficient (Wildman–Crippen LogP) is 3.01. The number of amides is 1. The van der Waals surface area contributed by atoms with Gasteiger partial charge in [-0.05, 0) is 38.0 Å². The number of hydrogen-bond donors (Lipinski definition) is 1. The predicted molar refractivity (Wildman–Crippen MR) is 129 cm³/mol. The summed E-state index contributed by atoms with van der Waals surface area (Å²) in [6.07, 6.45) is 3.23. The number of hydrogen-bond acceptors (Lipinski definition) is 5. The van der Waals surface area contributed by atoms with Crippen molar-refractivity contribution >= 4 is 11.6 Å². The average Bonchev–Trinajstić information content (AvgIpc) is 3.17. The number of fused-ring (bicyclic) bond motifs is 1. The third kappa shape index (κ3) is 5.79. The molecule has 7 nitrogen and oxygen atoms in total.